The lowest BCUT2D eigenvalue weighted by molar-refractivity contribution is -0.130. The smallest absolute Gasteiger partial charge is 0.216 e. The largest absolute Gasteiger partial charge is 0.356 e. The molecule has 19 heavy (non-hydrogen) atoms. The van der Waals surface area contributed by atoms with Crippen molar-refractivity contribution in [3.63, 3.8) is 0 Å². The van der Waals surface area contributed by atoms with Gasteiger partial charge in [-0.1, -0.05) is 6.42 Å². The van der Waals surface area contributed by atoms with Crippen molar-refractivity contribution in [2.24, 2.45) is 17.6 Å². The molecule has 1 aliphatic rings. The third-order valence-electron chi connectivity index (χ3n) is 3.37. The summed E-state index contributed by atoms with van der Waals surface area (Å²) in [6, 6.07) is 0. The third-order valence-corrected chi connectivity index (χ3v) is 4.46. The van der Waals surface area contributed by atoms with E-state index in [1.54, 1.807) is 0 Å². The minimum atomic E-state index is -0.211. The first kappa shape index (κ1) is 16.2. The Labute approximate surface area is 118 Å². The van der Waals surface area contributed by atoms with Crippen LogP contribution in [0.5, 0.6) is 0 Å². The number of nitrogens with one attached hydrogen (secondary N) is 1. The molecule has 3 N–H and O–H groups in total. The van der Waals surface area contributed by atoms with Crippen molar-refractivity contribution in [1.29, 1.82) is 0 Å². The highest BCUT2D eigenvalue weighted by Crippen LogP contribution is 2.30. The van der Waals surface area contributed by atoms with Crippen molar-refractivity contribution in [2.45, 2.75) is 26.2 Å². The van der Waals surface area contributed by atoms with Gasteiger partial charge in [-0.15, -0.1) is 0 Å². The van der Waals surface area contributed by atoms with Crippen LogP contribution in [0.2, 0.25) is 0 Å². The minimum absolute atomic E-state index is 0.00703. The van der Waals surface area contributed by atoms with Crippen molar-refractivity contribution in [1.82, 2.24) is 5.32 Å². The standard InChI is InChI=1S/C13H22N2O3S/c1-9(16)15-5-3-2-4-10-11(12(17)6-14)7-19-8-13(10)18/h10-11H,2-8,14H2,1H3,(H,15,16)/t10?,11-/m1/s1. The van der Waals surface area contributed by atoms with Crippen LogP contribution in [0.4, 0.5) is 0 Å². The Bertz CT molecular complexity index is 347. The number of hydrogen-bond donors (Lipinski definition) is 2. The highest BCUT2D eigenvalue weighted by atomic mass is 32.2. The zero-order valence-corrected chi connectivity index (χ0v) is 12.1. The predicted octanol–water partition coefficient (Wildman–Crippen LogP) is 0.369. The summed E-state index contributed by atoms with van der Waals surface area (Å²) in [6.07, 6.45) is 2.39. The van der Waals surface area contributed by atoms with Gasteiger partial charge in [0.1, 0.15) is 5.78 Å². The van der Waals surface area contributed by atoms with Crippen LogP contribution in [-0.2, 0) is 14.4 Å². The third kappa shape index (κ3) is 5.32. The molecule has 2 atom stereocenters. The van der Waals surface area contributed by atoms with Gasteiger partial charge in [0, 0.05) is 31.1 Å². The van der Waals surface area contributed by atoms with Crippen LogP contribution in [-0.4, -0.2) is 42.1 Å². The topological polar surface area (TPSA) is 89.3 Å². The summed E-state index contributed by atoms with van der Waals surface area (Å²) >= 11 is 1.52. The predicted molar refractivity (Wildman–Crippen MR) is 75.9 cm³/mol. The number of unbranched alkanes of at least 4 members (excludes halogenated alkanes) is 1. The second-order valence-electron chi connectivity index (χ2n) is 4.84. The lowest BCUT2D eigenvalue weighted by Crippen LogP contribution is -2.39. The van der Waals surface area contributed by atoms with Gasteiger partial charge in [-0.3, -0.25) is 14.4 Å². The first-order valence-electron chi connectivity index (χ1n) is 6.64. The van der Waals surface area contributed by atoms with Gasteiger partial charge in [0.05, 0.1) is 12.3 Å². The molecule has 0 aliphatic carbocycles. The van der Waals surface area contributed by atoms with Gasteiger partial charge in [-0.05, 0) is 12.8 Å². The van der Waals surface area contributed by atoms with Gasteiger partial charge in [0.15, 0.2) is 5.78 Å². The van der Waals surface area contributed by atoms with Gasteiger partial charge >= 0.3 is 0 Å². The van der Waals surface area contributed by atoms with Crippen molar-refractivity contribution < 1.29 is 14.4 Å². The maximum Gasteiger partial charge on any atom is 0.216 e. The van der Waals surface area contributed by atoms with Crippen molar-refractivity contribution >= 4 is 29.2 Å². The van der Waals surface area contributed by atoms with E-state index in [2.05, 4.69) is 5.32 Å². The molecule has 5 nitrogen and oxygen atoms in total. The van der Waals surface area contributed by atoms with Crippen LogP contribution in [0.25, 0.3) is 0 Å². The average molecular weight is 286 g/mol. The Morgan fingerprint density at radius 3 is 2.79 bits per heavy atom. The molecular formula is C13H22N2O3S. The van der Waals surface area contributed by atoms with Crippen LogP contribution in [0.1, 0.15) is 26.2 Å². The Balaban J connectivity index is 2.40. The van der Waals surface area contributed by atoms with E-state index in [-0.39, 0.29) is 35.9 Å². The second kappa shape index (κ2) is 8.32. The number of hydrogen-bond acceptors (Lipinski definition) is 5. The summed E-state index contributed by atoms with van der Waals surface area (Å²) < 4.78 is 0. The highest BCUT2D eigenvalue weighted by molar-refractivity contribution is 8.00. The lowest BCUT2D eigenvalue weighted by atomic mass is 9.83. The summed E-state index contributed by atoms with van der Waals surface area (Å²) in [4.78, 5) is 34.4. The fraction of sp³-hybridized carbons (Fsp3) is 0.769. The molecule has 1 amide bonds. The molecule has 0 aromatic heterocycles. The molecule has 0 aromatic carbocycles. The summed E-state index contributed by atoms with van der Waals surface area (Å²) in [7, 11) is 0. The van der Waals surface area contributed by atoms with Gasteiger partial charge in [0.2, 0.25) is 5.91 Å². The van der Waals surface area contributed by atoms with E-state index in [0.29, 0.717) is 18.1 Å². The monoisotopic (exact) mass is 286 g/mol. The van der Waals surface area contributed by atoms with Gasteiger partial charge < -0.3 is 11.1 Å². The molecule has 108 valence electrons. The van der Waals surface area contributed by atoms with E-state index < -0.39 is 0 Å². The molecule has 1 heterocycles. The normalized spacial score (nSPS) is 23.2. The van der Waals surface area contributed by atoms with Crippen LogP contribution in [0.15, 0.2) is 0 Å². The Kier molecular flexibility index (Phi) is 7.09. The molecular weight excluding hydrogens is 264 g/mol. The summed E-state index contributed by atoms with van der Waals surface area (Å²) in [5.41, 5.74) is 5.40. The molecule has 1 fully saturated rings. The number of Topliss-reactive ketones (excluding diaryl/α,β-unsaturated/α-hetero) is 2. The van der Waals surface area contributed by atoms with Gasteiger partial charge in [0.25, 0.3) is 0 Å². The molecule has 0 saturated carbocycles. The number of ketones is 2. The first-order valence-corrected chi connectivity index (χ1v) is 7.79. The average Bonchev–Trinajstić information content (AvgIpc) is 2.38. The molecule has 0 bridgehead atoms. The number of thioether (sulfide) groups is 1. The van der Waals surface area contributed by atoms with Gasteiger partial charge in [-0.25, -0.2) is 0 Å². The zero-order valence-electron chi connectivity index (χ0n) is 11.3. The maximum atomic E-state index is 11.9. The highest BCUT2D eigenvalue weighted by Gasteiger charge is 2.35. The molecule has 1 aliphatic heterocycles. The van der Waals surface area contributed by atoms with Crippen molar-refractivity contribution in [2.75, 3.05) is 24.6 Å². The minimum Gasteiger partial charge on any atom is -0.356 e. The molecule has 6 heteroatoms. The number of rotatable bonds is 7. The van der Waals surface area contributed by atoms with Crippen molar-refractivity contribution in [3.05, 3.63) is 0 Å². The van der Waals surface area contributed by atoms with E-state index >= 15 is 0 Å². The Morgan fingerprint density at radius 2 is 2.16 bits per heavy atom. The summed E-state index contributed by atoms with van der Waals surface area (Å²) in [5, 5.41) is 2.72. The molecule has 1 rings (SSSR count). The second-order valence-corrected chi connectivity index (χ2v) is 5.87. The summed E-state index contributed by atoms with van der Waals surface area (Å²) in [5.74, 6) is 0.950. The van der Waals surface area contributed by atoms with E-state index in [1.807, 2.05) is 0 Å². The van der Waals surface area contributed by atoms with Gasteiger partial charge in [-0.2, -0.15) is 11.8 Å². The lowest BCUT2D eigenvalue weighted by Gasteiger charge is -2.28. The van der Waals surface area contributed by atoms with Crippen LogP contribution in [0, 0.1) is 11.8 Å². The zero-order chi connectivity index (χ0) is 14.3. The Morgan fingerprint density at radius 1 is 1.42 bits per heavy atom. The number of amides is 1. The first-order chi connectivity index (χ1) is 9.06. The van der Waals surface area contributed by atoms with Crippen LogP contribution in [0.3, 0.4) is 0 Å². The molecule has 0 spiro atoms. The summed E-state index contributed by atoms with van der Waals surface area (Å²) in [6.45, 7) is 2.12. The van der Waals surface area contributed by atoms with E-state index in [0.717, 1.165) is 19.3 Å². The van der Waals surface area contributed by atoms with E-state index in [1.165, 1.54) is 18.7 Å². The number of nitrogens with two attached hydrogens (primary N) is 1. The number of carbonyl (C=O) groups excluding carboxylic acids is 3. The molecule has 1 unspecified atom stereocenters. The fourth-order valence-electron chi connectivity index (χ4n) is 2.32. The maximum absolute atomic E-state index is 11.9. The number of carbonyl (C=O) groups is 3. The van der Waals surface area contributed by atoms with Crippen LogP contribution < -0.4 is 11.1 Å². The van der Waals surface area contributed by atoms with Crippen LogP contribution >= 0.6 is 11.8 Å². The van der Waals surface area contributed by atoms with E-state index in [9.17, 15) is 14.4 Å². The molecule has 0 radical (unpaired) electrons. The fourth-order valence-corrected chi connectivity index (χ4v) is 3.52. The van der Waals surface area contributed by atoms with Crippen molar-refractivity contribution in [3.8, 4) is 0 Å². The Hall–Kier alpha value is -0.880. The SMILES string of the molecule is CC(=O)NCCCCC1C(=O)CSC[C@H]1C(=O)CN. The molecule has 0 aromatic rings. The molecule has 1 saturated heterocycles. The van der Waals surface area contributed by atoms with E-state index in [4.69, 9.17) is 5.73 Å². The quantitative estimate of drug-likeness (QED) is 0.660.